The van der Waals surface area contributed by atoms with Crippen molar-refractivity contribution in [2.75, 3.05) is 5.32 Å². The first-order valence-corrected chi connectivity index (χ1v) is 9.28. The van der Waals surface area contributed by atoms with Crippen molar-refractivity contribution < 1.29 is 9.21 Å². The third-order valence-corrected chi connectivity index (χ3v) is 5.58. The van der Waals surface area contributed by atoms with Crippen molar-refractivity contribution in [3.05, 3.63) is 54.6 Å². The fourth-order valence-electron chi connectivity index (χ4n) is 2.82. The number of rotatable bonds is 5. The van der Waals surface area contributed by atoms with Gasteiger partial charge in [0.15, 0.2) is 5.58 Å². The molecule has 1 atom stereocenters. The normalized spacial score (nSPS) is 12.5. The maximum absolute atomic E-state index is 12.7. The largest absolute Gasteiger partial charge is 0.463 e. The molecule has 0 aliphatic carbocycles. The zero-order chi connectivity index (χ0) is 18.1. The Labute approximate surface area is 154 Å². The van der Waals surface area contributed by atoms with Crippen LogP contribution in [0.5, 0.6) is 0 Å². The first-order valence-electron chi connectivity index (χ1n) is 8.40. The van der Waals surface area contributed by atoms with Gasteiger partial charge in [-0.15, -0.1) is 10.2 Å². The number of hydrogen-bond acceptors (Lipinski definition) is 5. The molecule has 132 valence electrons. The Kier molecular flexibility index (Phi) is 4.38. The van der Waals surface area contributed by atoms with Crippen molar-refractivity contribution in [1.82, 2.24) is 14.6 Å². The summed E-state index contributed by atoms with van der Waals surface area (Å²) in [5.41, 5.74) is 4.56. The monoisotopic (exact) mass is 366 g/mol. The molecule has 0 unspecified atom stereocenters. The van der Waals surface area contributed by atoms with Crippen LogP contribution >= 0.6 is 11.8 Å². The number of nitrogens with zero attached hydrogens (tertiary/aromatic N) is 3. The lowest BCUT2D eigenvalue weighted by Gasteiger charge is -2.14. The minimum Gasteiger partial charge on any atom is -0.463 e. The standard InChI is InChI=1S/C19H18N4O2S/c1-3-17(18(24)21-13-6-4-12(2)5-7-13)26-19-15-10-16-14(8-9-25-16)23(15)11-20-22-19/h4-11,17H,3H2,1-2H3,(H,21,24)/t17-/m1/s1. The van der Waals surface area contributed by atoms with Gasteiger partial charge >= 0.3 is 0 Å². The van der Waals surface area contributed by atoms with Crippen LogP contribution in [0.2, 0.25) is 0 Å². The molecule has 26 heavy (non-hydrogen) atoms. The zero-order valence-corrected chi connectivity index (χ0v) is 15.3. The van der Waals surface area contributed by atoms with E-state index in [1.54, 1.807) is 12.6 Å². The van der Waals surface area contributed by atoms with E-state index in [9.17, 15) is 4.79 Å². The van der Waals surface area contributed by atoms with Crippen molar-refractivity contribution in [1.29, 1.82) is 0 Å². The Morgan fingerprint density at radius 1 is 1.27 bits per heavy atom. The Morgan fingerprint density at radius 2 is 2.08 bits per heavy atom. The molecule has 0 aliphatic rings. The predicted octanol–water partition coefficient (Wildman–Crippen LogP) is 4.29. The van der Waals surface area contributed by atoms with Crippen LogP contribution in [0.1, 0.15) is 18.9 Å². The molecule has 3 aromatic heterocycles. The quantitative estimate of drug-likeness (QED) is 0.533. The van der Waals surface area contributed by atoms with Gasteiger partial charge in [0.1, 0.15) is 11.4 Å². The first kappa shape index (κ1) is 16.7. The topological polar surface area (TPSA) is 72.4 Å². The lowest BCUT2D eigenvalue weighted by atomic mass is 10.2. The van der Waals surface area contributed by atoms with Gasteiger partial charge in [0.2, 0.25) is 5.91 Å². The molecule has 4 rings (SSSR count). The maximum atomic E-state index is 12.7. The highest BCUT2D eigenvalue weighted by atomic mass is 32.2. The molecule has 0 aliphatic heterocycles. The van der Waals surface area contributed by atoms with Crippen LogP contribution in [0.4, 0.5) is 5.69 Å². The third-order valence-electron chi connectivity index (χ3n) is 4.23. The smallest absolute Gasteiger partial charge is 0.237 e. The number of hydrogen-bond donors (Lipinski definition) is 1. The Hall–Kier alpha value is -2.80. The first-order chi connectivity index (χ1) is 12.7. The van der Waals surface area contributed by atoms with E-state index in [0.717, 1.165) is 27.9 Å². The molecule has 3 heterocycles. The van der Waals surface area contributed by atoms with Crippen LogP contribution in [0.25, 0.3) is 16.6 Å². The van der Waals surface area contributed by atoms with E-state index in [-0.39, 0.29) is 11.2 Å². The highest BCUT2D eigenvalue weighted by Crippen LogP contribution is 2.31. The molecular weight excluding hydrogens is 348 g/mol. The van der Waals surface area contributed by atoms with Crippen molar-refractivity contribution in [3.63, 3.8) is 0 Å². The second-order valence-electron chi connectivity index (χ2n) is 6.08. The van der Waals surface area contributed by atoms with Crippen molar-refractivity contribution >= 4 is 40.0 Å². The molecular formula is C19H18N4O2S. The molecule has 1 N–H and O–H groups in total. The summed E-state index contributed by atoms with van der Waals surface area (Å²) >= 11 is 1.42. The van der Waals surface area contributed by atoms with Gasteiger partial charge in [-0.3, -0.25) is 9.20 Å². The summed E-state index contributed by atoms with van der Waals surface area (Å²) in [4.78, 5) is 12.7. The Morgan fingerprint density at radius 3 is 2.85 bits per heavy atom. The number of nitrogens with one attached hydrogen (secondary N) is 1. The van der Waals surface area contributed by atoms with Crippen molar-refractivity contribution in [2.45, 2.75) is 30.5 Å². The Balaban J connectivity index is 1.58. The van der Waals surface area contributed by atoms with Crippen LogP contribution in [-0.4, -0.2) is 25.8 Å². The van der Waals surface area contributed by atoms with E-state index in [0.29, 0.717) is 11.4 Å². The molecule has 0 spiro atoms. The summed E-state index contributed by atoms with van der Waals surface area (Å²) in [7, 11) is 0. The minimum absolute atomic E-state index is 0.0413. The molecule has 0 saturated heterocycles. The summed E-state index contributed by atoms with van der Waals surface area (Å²) in [5.74, 6) is -0.0413. The number of thioether (sulfide) groups is 1. The van der Waals surface area contributed by atoms with Gasteiger partial charge in [-0.25, -0.2) is 0 Å². The molecule has 4 aromatic rings. The zero-order valence-electron chi connectivity index (χ0n) is 14.5. The lowest BCUT2D eigenvalue weighted by Crippen LogP contribution is -2.24. The van der Waals surface area contributed by atoms with E-state index in [4.69, 9.17) is 4.42 Å². The highest BCUT2D eigenvalue weighted by molar-refractivity contribution is 8.00. The van der Waals surface area contributed by atoms with E-state index in [2.05, 4.69) is 15.5 Å². The highest BCUT2D eigenvalue weighted by Gasteiger charge is 2.21. The fraction of sp³-hybridized carbons (Fsp3) is 0.211. The van der Waals surface area contributed by atoms with Gasteiger partial charge in [0, 0.05) is 17.8 Å². The van der Waals surface area contributed by atoms with Gasteiger partial charge in [-0.1, -0.05) is 36.4 Å². The number of anilines is 1. The SMILES string of the molecule is CC[C@@H](Sc1nncn2c1cc1occc12)C(=O)Nc1ccc(C)cc1. The van der Waals surface area contributed by atoms with Crippen LogP contribution in [0.3, 0.4) is 0 Å². The van der Waals surface area contributed by atoms with Crippen molar-refractivity contribution in [3.8, 4) is 0 Å². The lowest BCUT2D eigenvalue weighted by molar-refractivity contribution is -0.115. The number of aryl methyl sites for hydroxylation is 1. The number of amides is 1. The third kappa shape index (κ3) is 3.06. The van der Waals surface area contributed by atoms with E-state index in [1.807, 2.05) is 54.6 Å². The number of carbonyl (C=O) groups is 1. The molecule has 0 saturated carbocycles. The van der Waals surface area contributed by atoms with Gasteiger partial charge < -0.3 is 9.73 Å². The predicted molar refractivity (Wildman–Crippen MR) is 103 cm³/mol. The summed E-state index contributed by atoms with van der Waals surface area (Å²) in [6.45, 7) is 4.01. The van der Waals surface area contributed by atoms with E-state index in [1.165, 1.54) is 11.8 Å². The molecule has 6 nitrogen and oxygen atoms in total. The second-order valence-corrected chi connectivity index (χ2v) is 7.27. The summed E-state index contributed by atoms with van der Waals surface area (Å²) in [6, 6.07) is 11.6. The van der Waals surface area contributed by atoms with E-state index >= 15 is 0 Å². The van der Waals surface area contributed by atoms with Gasteiger partial charge in [-0.2, -0.15) is 0 Å². The summed E-state index contributed by atoms with van der Waals surface area (Å²) in [6.07, 6.45) is 3.99. The summed E-state index contributed by atoms with van der Waals surface area (Å²) in [5, 5.41) is 11.7. The van der Waals surface area contributed by atoms with Crippen molar-refractivity contribution in [2.24, 2.45) is 0 Å². The molecule has 0 bridgehead atoms. The molecule has 1 amide bonds. The molecule has 1 aromatic carbocycles. The number of carbonyl (C=O) groups excluding carboxylic acids is 1. The van der Waals surface area contributed by atoms with Gasteiger partial charge in [-0.05, 0) is 25.5 Å². The van der Waals surface area contributed by atoms with E-state index < -0.39 is 0 Å². The molecule has 0 radical (unpaired) electrons. The molecule has 7 heteroatoms. The minimum atomic E-state index is -0.266. The number of furan rings is 1. The van der Waals surface area contributed by atoms with Gasteiger partial charge in [0.25, 0.3) is 0 Å². The number of fused-ring (bicyclic) bond motifs is 3. The number of benzene rings is 1. The number of aromatic nitrogens is 3. The van der Waals surface area contributed by atoms with Gasteiger partial charge in [0.05, 0.1) is 22.5 Å². The van der Waals surface area contributed by atoms with Crippen LogP contribution in [0.15, 0.2) is 58.4 Å². The molecule has 0 fully saturated rings. The maximum Gasteiger partial charge on any atom is 0.237 e. The average Bonchev–Trinajstić information content (AvgIpc) is 3.23. The van der Waals surface area contributed by atoms with Crippen LogP contribution in [0, 0.1) is 6.92 Å². The Bertz CT molecular complexity index is 1070. The second kappa shape index (κ2) is 6.84. The average molecular weight is 366 g/mol. The fourth-order valence-corrected chi connectivity index (χ4v) is 3.79. The summed E-state index contributed by atoms with van der Waals surface area (Å²) < 4.78 is 7.39. The van der Waals surface area contributed by atoms with Crippen LogP contribution in [-0.2, 0) is 4.79 Å². The van der Waals surface area contributed by atoms with Crippen LogP contribution < -0.4 is 5.32 Å².